The van der Waals surface area contributed by atoms with E-state index in [1.54, 1.807) is 0 Å². The maximum atomic E-state index is 12.7. The van der Waals surface area contributed by atoms with Gasteiger partial charge in [0.1, 0.15) is 5.60 Å². The van der Waals surface area contributed by atoms with Crippen LogP contribution in [0.1, 0.15) is 46.5 Å². The fraction of sp³-hybridized carbons (Fsp3) is 0.556. The molecular formula is C18H26N2O3. The monoisotopic (exact) mass is 318 g/mol. The molecule has 5 heteroatoms. The van der Waals surface area contributed by atoms with Crippen LogP contribution in [0.3, 0.4) is 0 Å². The number of ether oxygens (including phenoxy) is 1. The molecule has 1 aromatic carbocycles. The van der Waals surface area contributed by atoms with E-state index in [-0.39, 0.29) is 5.91 Å². The number of hydrogen-bond acceptors (Lipinski definition) is 3. The van der Waals surface area contributed by atoms with Gasteiger partial charge in [-0.2, -0.15) is 0 Å². The molecule has 0 bridgehead atoms. The Bertz CT molecular complexity index is 543. The average molecular weight is 318 g/mol. The number of amides is 2. The van der Waals surface area contributed by atoms with Crippen molar-refractivity contribution in [3.05, 3.63) is 30.3 Å². The number of benzene rings is 1. The highest BCUT2D eigenvalue weighted by molar-refractivity contribution is 5.96. The SMILES string of the molecule is CC(C)(C)OC(=O)NCC1(C(=O)Nc2ccccc2)CCCC1. The highest BCUT2D eigenvalue weighted by Gasteiger charge is 2.41. The van der Waals surface area contributed by atoms with E-state index in [4.69, 9.17) is 4.74 Å². The number of carbonyl (C=O) groups excluding carboxylic acids is 2. The van der Waals surface area contributed by atoms with E-state index in [0.717, 1.165) is 31.4 Å². The third-order valence-electron chi connectivity index (χ3n) is 4.04. The van der Waals surface area contributed by atoms with Crippen molar-refractivity contribution in [2.75, 3.05) is 11.9 Å². The Kier molecular flexibility index (Phi) is 5.29. The molecule has 0 unspecified atom stereocenters. The van der Waals surface area contributed by atoms with Crippen LogP contribution in [-0.2, 0) is 9.53 Å². The Balaban J connectivity index is 1.98. The lowest BCUT2D eigenvalue weighted by atomic mass is 9.85. The Morgan fingerprint density at radius 1 is 1.13 bits per heavy atom. The summed E-state index contributed by atoms with van der Waals surface area (Å²) in [6.07, 6.45) is 3.08. The summed E-state index contributed by atoms with van der Waals surface area (Å²) in [5.41, 5.74) is -0.313. The van der Waals surface area contributed by atoms with Crippen LogP contribution in [-0.4, -0.2) is 24.1 Å². The third kappa shape index (κ3) is 4.98. The molecule has 0 radical (unpaired) electrons. The van der Waals surface area contributed by atoms with Crippen LogP contribution in [0, 0.1) is 5.41 Å². The average Bonchev–Trinajstić information content (AvgIpc) is 2.95. The largest absolute Gasteiger partial charge is 0.444 e. The first kappa shape index (κ1) is 17.3. The Labute approximate surface area is 137 Å². The summed E-state index contributed by atoms with van der Waals surface area (Å²) in [4.78, 5) is 24.6. The van der Waals surface area contributed by atoms with E-state index < -0.39 is 17.1 Å². The van der Waals surface area contributed by atoms with Gasteiger partial charge in [-0.3, -0.25) is 4.79 Å². The van der Waals surface area contributed by atoms with Crippen LogP contribution >= 0.6 is 0 Å². The molecule has 1 aromatic rings. The lowest BCUT2D eigenvalue weighted by Gasteiger charge is -2.28. The van der Waals surface area contributed by atoms with Crippen molar-refractivity contribution in [1.82, 2.24) is 5.32 Å². The molecule has 2 amide bonds. The molecule has 2 rings (SSSR count). The van der Waals surface area contributed by atoms with Gasteiger partial charge in [-0.15, -0.1) is 0 Å². The normalized spacial score (nSPS) is 16.7. The first-order chi connectivity index (χ1) is 10.8. The van der Waals surface area contributed by atoms with E-state index in [1.807, 2.05) is 51.1 Å². The van der Waals surface area contributed by atoms with Crippen LogP contribution in [0.5, 0.6) is 0 Å². The van der Waals surface area contributed by atoms with Gasteiger partial charge in [0.05, 0.1) is 5.41 Å². The fourth-order valence-electron chi connectivity index (χ4n) is 2.88. The zero-order chi connectivity index (χ0) is 16.9. The molecule has 1 fully saturated rings. The molecule has 1 aliphatic carbocycles. The third-order valence-corrected chi connectivity index (χ3v) is 4.04. The molecule has 1 aliphatic rings. The minimum atomic E-state index is -0.549. The molecule has 126 valence electrons. The van der Waals surface area contributed by atoms with Gasteiger partial charge in [0.25, 0.3) is 0 Å². The molecule has 0 atom stereocenters. The molecule has 0 aromatic heterocycles. The van der Waals surface area contributed by atoms with Crippen LogP contribution in [0.15, 0.2) is 30.3 Å². The standard InChI is InChI=1S/C18H26N2O3/c1-17(2,3)23-16(22)19-13-18(11-7-8-12-18)15(21)20-14-9-5-4-6-10-14/h4-6,9-10H,7-8,11-13H2,1-3H3,(H,19,22)(H,20,21). The summed E-state index contributed by atoms with van der Waals surface area (Å²) in [6.45, 7) is 5.76. The van der Waals surface area contributed by atoms with Crippen LogP contribution < -0.4 is 10.6 Å². The summed E-state index contributed by atoms with van der Waals surface area (Å²) < 4.78 is 5.26. The fourth-order valence-corrected chi connectivity index (χ4v) is 2.88. The predicted molar refractivity (Wildman–Crippen MR) is 90.2 cm³/mol. The molecule has 1 saturated carbocycles. The van der Waals surface area contributed by atoms with Crippen molar-refractivity contribution in [2.45, 2.75) is 52.1 Å². The minimum absolute atomic E-state index is 0.0303. The molecular weight excluding hydrogens is 292 g/mol. The molecule has 0 spiro atoms. The van der Waals surface area contributed by atoms with Gasteiger partial charge in [-0.1, -0.05) is 31.0 Å². The van der Waals surface area contributed by atoms with E-state index in [1.165, 1.54) is 0 Å². The van der Waals surface area contributed by atoms with E-state index in [2.05, 4.69) is 10.6 Å². The van der Waals surface area contributed by atoms with Crippen molar-refractivity contribution in [3.8, 4) is 0 Å². The van der Waals surface area contributed by atoms with Gasteiger partial charge < -0.3 is 15.4 Å². The highest BCUT2D eigenvalue weighted by atomic mass is 16.6. The first-order valence-corrected chi connectivity index (χ1v) is 8.14. The van der Waals surface area contributed by atoms with Crippen LogP contribution in [0.25, 0.3) is 0 Å². The zero-order valence-corrected chi connectivity index (χ0v) is 14.1. The van der Waals surface area contributed by atoms with Crippen molar-refractivity contribution in [3.63, 3.8) is 0 Å². The number of hydrogen-bond donors (Lipinski definition) is 2. The second kappa shape index (κ2) is 7.02. The summed E-state index contributed by atoms with van der Waals surface area (Å²) in [6, 6.07) is 9.40. The summed E-state index contributed by atoms with van der Waals surface area (Å²) in [5.74, 6) is -0.0303. The molecule has 0 saturated heterocycles. The maximum absolute atomic E-state index is 12.7. The highest BCUT2D eigenvalue weighted by Crippen LogP contribution is 2.38. The number of anilines is 1. The van der Waals surface area contributed by atoms with Crippen molar-refractivity contribution in [1.29, 1.82) is 0 Å². The Morgan fingerprint density at radius 2 is 1.74 bits per heavy atom. The van der Waals surface area contributed by atoms with Crippen molar-refractivity contribution < 1.29 is 14.3 Å². The first-order valence-electron chi connectivity index (χ1n) is 8.14. The van der Waals surface area contributed by atoms with E-state index in [0.29, 0.717) is 6.54 Å². The smallest absolute Gasteiger partial charge is 0.407 e. The summed E-state index contributed by atoms with van der Waals surface area (Å²) in [7, 11) is 0. The van der Waals surface area contributed by atoms with Gasteiger partial charge in [-0.25, -0.2) is 4.79 Å². The topological polar surface area (TPSA) is 67.4 Å². The summed E-state index contributed by atoms with van der Waals surface area (Å²) >= 11 is 0. The van der Waals surface area contributed by atoms with Gasteiger partial charge in [0, 0.05) is 12.2 Å². The predicted octanol–water partition coefficient (Wildman–Crippen LogP) is 3.71. The minimum Gasteiger partial charge on any atom is -0.444 e. The number of rotatable bonds is 4. The second-order valence-corrected chi connectivity index (χ2v) is 7.16. The quantitative estimate of drug-likeness (QED) is 0.889. The lowest BCUT2D eigenvalue weighted by molar-refractivity contribution is -0.125. The molecule has 23 heavy (non-hydrogen) atoms. The molecule has 5 nitrogen and oxygen atoms in total. The van der Waals surface area contributed by atoms with E-state index >= 15 is 0 Å². The number of carbonyl (C=O) groups is 2. The maximum Gasteiger partial charge on any atom is 0.407 e. The van der Waals surface area contributed by atoms with Crippen molar-refractivity contribution in [2.24, 2.45) is 5.41 Å². The van der Waals surface area contributed by atoms with Gasteiger partial charge in [0.15, 0.2) is 0 Å². The molecule has 0 heterocycles. The van der Waals surface area contributed by atoms with Gasteiger partial charge >= 0.3 is 6.09 Å². The summed E-state index contributed by atoms with van der Waals surface area (Å²) in [5, 5.41) is 5.73. The Hall–Kier alpha value is -2.04. The molecule has 2 N–H and O–H groups in total. The number of nitrogens with one attached hydrogen (secondary N) is 2. The molecule has 0 aliphatic heterocycles. The lowest BCUT2D eigenvalue weighted by Crippen LogP contribution is -2.45. The Morgan fingerprint density at radius 3 is 2.30 bits per heavy atom. The number of alkyl carbamates (subject to hydrolysis) is 1. The van der Waals surface area contributed by atoms with Crippen molar-refractivity contribution >= 4 is 17.7 Å². The number of para-hydroxylation sites is 1. The van der Waals surface area contributed by atoms with E-state index in [9.17, 15) is 9.59 Å². The van der Waals surface area contributed by atoms with Crippen LogP contribution in [0.4, 0.5) is 10.5 Å². The van der Waals surface area contributed by atoms with Crippen LogP contribution in [0.2, 0.25) is 0 Å². The second-order valence-electron chi connectivity index (χ2n) is 7.16. The van der Waals surface area contributed by atoms with Gasteiger partial charge in [-0.05, 0) is 45.7 Å². The van der Waals surface area contributed by atoms with Gasteiger partial charge in [0.2, 0.25) is 5.91 Å². The zero-order valence-electron chi connectivity index (χ0n) is 14.1.